The number of carbonyl (C=O) groups is 2. The van der Waals surface area contributed by atoms with Crippen molar-refractivity contribution in [1.29, 1.82) is 0 Å². The molecule has 0 saturated heterocycles. The smallest absolute Gasteiger partial charge is 0.529 e. The third kappa shape index (κ3) is 4.51. The minimum Gasteiger partial charge on any atom is -0.529 e. The quantitative estimate of drug-likeness (QED) is 0.784. The second kappa shape index (κ2) is 7.88. The normalized spacial score (nSPS) is 9.65. The van der Waals surface area contributed by atoms with E-state index in [9.17, 15) is 9.59 Å². The molecule has 0 aliphatic heterocycles. The summed E-state index contributed by atoms with van der Waals surface area (Å²) in [5.74, 6) is 0.673. The highest BCUT2D eigenvalue weighted by Gasteiger charge is 2.07. The van der Waals surface area contributed by atoms with Gasteiger partial charge in [-0.25, -0.2) is 0 Å². The van der Waals surface area contributed by atoms with Crippen LogP contribution in [0.1, 0.15) is 20.7 Å². The maximum Gasteiger partial charge on any atom is 0.576 e. The summed E-state index contributed by atoms with van der Waals surface area (Å²) in [4.78, 5) is 23.1. The lowest BCUT2D eigenvalue weighted by Crippen LogP contribution is -2.18. The van der Waals surface area contributed by atoms with Crippen LogP contribution in [0.4, 0.5) is 0 Å². The summed E-state index contributed by atoms with van der Waals surface area (Å²) in [5, 5.41) is 5.10. The lowest BCUT2D eigenvalue weighted by Gasteiger charge is -2.09. The molecule has 0 spiro atoms. The summed E-state index contributed by atoms with van der Waals surface area (Å²) in [5.41, 5.74) is 1.01. The average Bonchev–Trinajstić information content (AvgIpc) is 2.61. The van der Waals surface area contributed by atoms with Crippen molar-refractivity contribution in [3.05, 3.63) is 59.7 Å². The monoisotopic (exact) mass is 312 g/mol. The van der Waals surface area contributed by atoms with Crippen molar-refractivity contribution in [2.45, 2.75) is 0 Å². The number of hydrogen-bond donors (Lipinski definition) is 2. The molecule has 23 heavy (non-hydrogen) atoms. The zero-order valence-corrected chi connectivity index (χ0v) is 13.0. The van der Waals surface area contributed by atoms with E-state index in [1.54, 1.807) is 62.6 Å². The van der Waals surface area contributed by atoms with Gasteiger partial charge in [0.1, 0.15) is 11.5 Å². The van der Waals surface area contributed by atoms with Gasteiger partial charge in [0.2, 0.25) is 0 Å². The van der Waals surface area contributed by atoms with Crippen LogP contribution in [0.5, 0.6) is 11.5 Å². The zero-order valence-electron chi connectivity index (χ0n) is 13.0. The zero-order chi connectivity index (χ0) is 16.7. The third-order valence-electron chi connectivity index (χ3n) is 3.10. The molecule has 2 aromatic carbocycles. The third-order valence-corrected chi connectivity index (χ3v) is 3.10. The van der Waals surface area contributed by atoms with E-state index in [2.05, 4.69) is 10.6 Å². The minimum absolute atomic E-state index is 0.0333. The van der Waals surface area contributed by atoms with E-state index in [1.807, 2.05) is 0 Å². The van der Waals surface area contributed by atoms with Gasteiger partial charge in [-0.05, 0) is 36.4 Å². The van der Waals surface area contributed by atoms with Crippen LogP contribution in [0, 0.1) is 0 Å². The summed E-state index contributed by atoms with van der Waals surface area (Å²) in [6.07, 6.45) is 0. The molecule has 0 aliphatic rings. The Morgan fingerprint density at radius 1 is 0.826 bits per heavy atom. The predicted octanol–water partition coefficient (Wildman–Crippen LogP) is 1.13. The van der Waals surface area contributed by atoms with Crippen molar-refractivity contribution in [3.8, 4) is 11.5 Å². The average molecular weight is 312 g/mol. The van der Waals surface area contributed by atoms with Crippen molar-refractivity contribution < 1.29 is 18.9 Å². The van der Waals surface area contributed by atoms with Crippen LogP contribution in [0.15, 0.2) is 48.5 Å². The van der Waals surface area contributed by atoms with Gasteiger partial charge in [-0.15, -0.1) is 0 Å². The molecule has 2 rings (SSSR count). The number of benzene rings is 2. The van der Waals surface area contributed by atoms with Gasteiger partial charge in [-0.3, -0.25) is 9.59 Å². The van der Waals surface area contributed by atoms with Gasteiger partial charge < -0.3 is 19.9 Å². The molecule has 0 heterocycles. The molecule has 7 heteroatoms. The van der Waals surface area contributed by atoms with Crippen molar-refractivity contribution in [3.63, 3.8) is 0 Å². The highest BCUT2D eigenvalue weighted by atomic mass is 16.6. The first-order valence-corrected chi connectivity index (χ1v) is 7.04. The molecule has 0 saturated carbocycles. The Morgan fingerprint density at radius 3 is 1.65 bits per heavy atom. The molecule has 2 amide bonds. The fourth-order valence-electron chi connectivity index (χ4n) is 1.91. The highest BCUT2D eigenvalue weighted by molar-refractivity contribution is 6.20. The Kier molecular flexibility index (Phi) is 5.63. The molecule has 0 aliphatic carbocycles. The predicted molar refractivity (Wildman–Crippen MR) is 88.1 cm³/mol. The molecule has 0 atom stereocenters. The Hall–Kier alpha value is -2.96. The van der Waals surface area contributed by atoms with Gasteiger partial charge in [0.05, 0.1) is 0 Å². The number of amides is 2. The van der Waals surface area contributed by atoms with Crippen molar-refractivity contribution in [2.75, 3.05) is 14.1 Å². The molecule has 0 bridgehead atoms. The van der Waals surface area contributed by atoms with Crippen LogP contribution in [0.2, 0.25) is 0 Å². The van der Waals surface area contributed by atoms with E-state index >= 15 is 0 Å². The molecule has 0 aromatic heterocycles. The van der Waals surface area contributed by atoms with E-state index in [1.165, 1.54) is 0 Å². The van der Waals surface area contributed by atoms with E-state index in [0.29, 0.717) is 22.6 Å². The van der Waals surface area contributed by atoms with Crippen molar-refractivity contribution in [1.82, 2.24) is 10.6 Å². The Morgan fingerprint density at radius 2 is 1.26 bits per heavy atom. The minimum atomic E-state index is -0.186. The molecule has 2 N–H and O–H groups in total. The molecule has 118 valence electrons. The van der Waals surface area contributed by atoms with Gasteiger partial charge in [-0.1, -0.05) is 12.1 Å². The molecular weight excluding hydrogens is 295 g/mol. The first kappa shape index (κ1) is 16.4. The van der Waals surface area contributed by atoms with Crippen LogP contribution < -0.4 is 19.9 Å². The Balaban J connectivity index is 1.95. The molecule has 6 nitrogen and oxygen atoms in total. The van der Waals surface area contributed by atoms with Crippen LogP contribution >= 0.6 is 0 Å². The SMILES string of the molecule is CNC(=O)c1cccc(OBOc2cccc(C(=O)NC)c2)c1. The van der Waals surface area contributed by atoms with Crippen LogP contribution in [-0.4, -0.2) is 33.6 Å². The first-order valence-electron chi connectivity index (χ1n) is 7.04. The van der Waals surface area contributed by atoms with Crippen LogP contribution in [0.25, 0.3) is 0 Å². The fraction of sp³-hybridized carbons (Fsp3) is 0.125. The largest absolute Gasteiger partial charge is 0.576 e. The maximum absolute atomic E-state index is 11.6. The summed E-state index contributed by atoms with van der Waals surface area (Å²) in [6, 6.07) is 13.6. The summed E-state index contributed by atoms with van der Waals surface area (Å²) < 4.78 is 10.9. The highest BCUT2D eigenvalue weighted by Crippen LogP contribution is 2.15. The van der Waals surface area contributed by atoms with Crippen LogP contribution in [0.3, 0.4) is 0 Å². The van der Waals surface area contributed by atoms with Gasteiger partial charge in [0, 0.05) is 25.2 Å². The maximum atomic E-state index is 11.6. The second-order valence-electron chi connectivity index (χ2n) is 4.62. The van der Waals surface area contributed by atoms with Gasteiger partial charge in [-0.2, -0.15) is 0 Å². The number of carbonyl (C=O) groups excluding carboxylic acids is 2. The molecule has 0 radical (unpaired) electrons. The first-order chi connectivity index (χ1) is 11.1. The molecule has 0 unspecified atom stereocenters. The van der Waals surface area contributed by atoms with E-state index in [-0.39, 0.29) is 19.5 Å². The topological polar surface area (TPSA) is 76.7 Å². The standard InChI is InChI=1S/C16H17BN2O4/c1-18-15(20)11-5-3-7-13(9-11)22-17-23-14-8-4-6-12(10-14)16(21)19-2/h3-10,17H,1-2H3,(H,18,20)(H,19,21). The Labute approximate surface area is 135 Å². The van der Waals surface area contributed by atoms with Gasteiger partial charge >= 0.3 is 7.69 Å². The van der Waals surface area contributed by atoms with Crippen molar-refractivity contribution >= 4 is 19.5 Å². The lowest BCUT2D eigenvalue weighted by molar-refractivity contribution is 0.0955. The number of hydrogen-bond acceptors (Lipinski definition) is 4. The number of nitrogens with one attached hydrogen (secondary N) is 2. The second-order valence-corrected chi connectivity index (χ2v) is 4.62. The summed E-state index contributed by atoms with van der Waals surface area (Å²) >= 11 is 0. The van der Waals surface area contributed by atoms with Gasteiger partial charge in [0.25, 0.3) is 11.8 Å². The van der Waals surface area contributed by atoms with Crippen LogP contribution in [-0.2, 0) is 0 Å². The molecular formula is C16H17BN2O4. The summed E-state index contributed by atoms with van der Waals surface area (Å²) in [7, 11) is 3.10. The molecule has 2 aromatic rings. The summed E-state index contributed by atoms with van der Waals surface area (Å²) in [6.45, 7) is 0. The van der Waals surface area contributed by atoms with E-state index in [4.69, 9.17) is 9.31 Å². The Bertz CT molecular complexity index is 646. The van der Waals surface area contributed by atoms with Gasteiger partial charge in [0.15, 0.2) is 0 Å². The van der Waals surface area contributed by atoms with E-state index in [0.717, 1.165) is 0 Å². The van der Waals surface area contributed by atoms with E-state index < -0.39 is 0 Å². The number of rotatable bonds is 6. The fourth-order valence-corrected chi connectivity index (χ4v) is 1.91. The van der Waals surface area contributed by atoms with Crippen molar-refractivity contribution in [2.24, 2.45) is 0 Å². The lowest BCUT2D eigenvalue weighted by atomic mass is 10.2. The molecule has 0 fully saturated rings.